The number of ether oxygens (including phenoxy) is 2. The number of para-hydroxylation sites is 1. The Balaban J connectivity index is 0.00000441. The van der Waals surface area contributed by atoms with Crippen LogP contribution in [0.5, 0.6) is 5.75 Å². The van der Waals surface area contributed by atoms with Crippen LogP contribution in [0.25, 0.3) is 0 Å². The summed E-state index contributed by atoms with van der Waals surface area (Å²) in [5, 5.41) is 20.6. The van der Waals surface area contributed by atoms with Gasteiger partial charge in [0.25, 0.3) is 0 Å². The molecular weight excluding hydrogens is 295 g/mol. The maximum absolute atomic E-state index is 10.9. The second-order valence-corrected chi connectivity index (χ2v) is 4.88. The molecule has 118 valence electrons. The zero-order valence-corrected chi connectivity index (χ0v) is 15.4. The molecule has 0 unspecified atom stereocenters. The third kappa shape index (κ3) is 8.76. The van der Waals surface area contributed by atoms with Crippen LogP contribution in [-0.2, 0) is 4.74 Å². The molecule has 0 aliphatic rings. The molecule has 0 aromatic heterocycles. The zero-order chi connectivity index (χ0) is 15.5. The largest absolute Gasteiger partial charge is 1.00 e. The van der Waals surface area contributed by atoms with Crippen molar-refractivity contribution >= 4 is 5.97 Å². The van der Waals surface area contributed by atoms with Gasteiger partial charge in [0.2, 0.25) is 0 Å². The summed E-state index contributed by atoms with van der Waals surface area (Å²) in [5.41, 5.74) is -0.0230. The number of carboxylic acid groups (broad SMARTS) is 1. The molecule has 0 radical (unpaired) electrons. The summed E-state index contributed by atoms with van der Waals surface area (Å²) in [7, 11) is 0. The quantitative estimate of drug-likeness (QED) is 0.392. The number of unbranched alkanes of at least 4 members (excludes halogenated alkanes) is 3. The summed E-state index contributed by atoms with van der Waals surface area (Å²) in [6.07, 6.45) is 3.69. The van der Waals surface area contributed by atoms with Crippen molar-refractivity contribution in [1.82, 2.24) is 0 Å². The van der Waals surface area contributed by atoms with E-state index in [1.54, 1.807) is 12.1 Å². The third-order valence-corrected chi connectivity index (χ3v) is 2.99. The Labute approximate surface area is 153 Å². The summed E-state index contributed by atoms with van der Waals surface area (Å²) in [6.45, 7) is 2.93. The van der Waals surface area contributed by atoms with Crippen molar-refractivity contribution in [2.45, 2.75) is 38.7 Å². The van der Waals surface area contributed by atoms with Gasteiger partial charge in [-0.1, -0.05) is 38.3 Å². The topological polar surface area (TPSA) is 78.8 Å². The molecule has 1 atom stereocenters. The molecule has 5 nitrogen and oxygen atoms in total. The minimum Gasteiger partial charge on any atom is -0.545 e. The normalized spacial score (nSPS) is 11.5. The first kappa shape index (κ1) is 21.4. The first-order chi connectivity index (χ1) is 10.1. The van der Waals surface area contributed by atoms with Gasteiger partial charge in [0.05, 0.1) is 12.6 Å². The molecule has 0 aliphatic carbocycles. The Kier molecular flexibility index (Phi) is 12.6. The third-order valence-electron chi connectivity index (χ3n) is 2.99. The molecule has 1 aromatic rings. The molecular formula is C16H23NaO5. The number of hydrogen-bond donors (Lipinski definition) is 1. The summed E-state index contributed by atoms with van der Waals surface area (Å²) in [5.74, 6) is -1.10. The van der Waals surface area contributed by atoms with E-state index in [9.17, 15) is 15.0 Å². The fraction of sp³-hybridized carbons (Fsp3) is 0.562. The van der Waals surface area contributed by atoms with E-state index in [1.807, 2.05) is 0 Å². The smallest absolute Gasteiger partial charge is 0.545 e. The van der Waals surface area contributed by atoms with Gasteiger partial charge in [-0.3, -0.25) is 0 Å². The number of carboxylic acids is 1. The van der Waals surface area contributed by atoms with E-state index >= 15 is 0 Å². The van der Waals surface area contributed by atoms with Gasteiger partial charge in [0.15, 0.2) is 0 Å². The first-order valence-electron chi connectivity index (χ1n) is 7.34. The van der Waals surface area contributed by atoms with Crippen molar-refractivity contribution in [3.8, 4) is 5.75 Å². The number of carbonyl (C=O) groups is 1. The minimum absolute atomic E-state index is 0. The molecule has 1 N–H and O–H groups in total. The van der Waals surface area contributed by atoms with E-state index in [-0.39, 0.29) is 54.1 Å². The van der Waals surface area contributed by atoms with Crippen LogP contribution in [0.1, 0.15) is 43.0 Å². The second kappa shape index (κ2) is 12.9. The summed E-state index contributed by atoms with van der Waals surface area (Å²) in [6, 6.07) is 6.19. The number of hydrogen-bond acceptors (Lipinski definition) is 5. The Morgan fingerprint density at radius 2 is 1.95 bits per heavy atom. The van der Waals surface area contributed by atoms with E-state index < -0.39 is 12.1 Å². The van der Waals surface area contributed by atoms with Gasteiger partial charge in [-0.05, 0) is 18.6 Å². The average molecular weight is 318 g/mol. The van der Waals surface area contributed by atoms with Gasteiger partial charge in [0, 0.05) is 12.2 Å². The van der Waals surface area contributed by atoms with Crippen molar-refractivity contribution in [1.29, 1.82) is 0 Å². The van der Waals surface area contributed by atoms with Gasteiger partial charge in [-0.15, -0.1) is 0 Å². The predicted octanol–water partition coefficient (Wildman–Crippen LogP) is -1.61. The molecule has 0 saturated carbocycles. The van der Waals surface area contributed by atoms with E-state index in [0.29, 0.717) is 6.61 Å². The Morgan fingerprint density at radius 1 is 1.23 bits per heavy atom. The van der Waals surface area contributed by atoms with E-state index in [1.165, 1.54) is 25.0 Å². The van der Waals surface area contributed by atoms with E-state index in [4.69, 9.17) is 9.47 Å². The molecule has 1 aromatic carbocycles. The van der Waals surface area contributed by atoms with E-state index in [2.05, 4.69) is 6.92 Å². The Bertz CT molecular complexity index is 425. The van der Waals surface area contributed by atoms with Crippen LogP contribution < -0.4 is 39.4 Å². The van der Waals surface area contributed by atoms with Gasteiger partial charge < -0.3 is 24.5 Å². The fourth-order valence-electron chi connectivity index (χ4n) is 1.85. The first-order valence-corrected chi connectivity index (χ1v) is 7.34. The van der Waals surface area contributed by atoms with Gasteiger partial charge >= 0.3 is 29.6 Å². The summed E-state index contributed by atoms with van der Waals surface area (Å²) >= 11 is 0. The van der Waals surface area contributed by atoms with Crippen LogP contribution in [0.2, 0.25) is 0 Å². The maximum Gasteiger partial charge on any atom is 1.00 e. The molecule has 1 rings (SSSR count). The summed E-state index contributed by atoms with van der Waals surface area (Å²) in [4.78, 5) is 10.9. The molecule has 22 heavy (non-hydrogen) atoms. The molecule has 0 heterocycles. The van der Waals surface area contributed by atoms with E-state index in [0.717, 1.165) is 12.8 Å². The zero-order valence-electron chi connectivity index (χ0n) is 13.4. The van der Waals surface area contributed by atoms with Gasteiger partial charge in [0.1, 0.15) is 18.5 Å². The molecule has 0 spiro atoms. The number of aliphatic hydroxyl groups is 1. The molecule has 0 amide bonds. The Hall–Kier alpha value is -0.590. The minimum atomic E-state index is -1.30. The van der Waals surface area contributed by atoms with Crippen LogP contribution >= 0.6 is 0 Å². The molecule has 0 bridgehead atoms. The molecule has 6 heteroatoms. The Morgan fingerprint density at radius 3 is 2.64 bits per heavy atom. The molecule has 0 aliphatic heterocycles. The number of aliphatic hydroxyl groups excluding tert-OH is 1. The van der Waals surface area contributed by atoms with Gasteiger partial charge in [-0.25, -0.2) is 0 Å². The predicted molar refractivity (Wildman–Crippen MR) is 77.2 cm³/mol. The van der Waals surface area contributed by atoms with Crippen molar-refractivity contribution in [3.63, 3.8) is 0 Å². The fourth-order valence-corrected chi connectivity index (χ4v) is 1.85. The standard InChI is InChI=1S/C16H24O5.Na/c1-2-3-4-7-10-20-11-13(17)12-21-15-9-6-5-8-14(15)16(18)19;/h5-6,8-9,13,17H,2-4,7,10-12H2,1H3,(H,18,19);/q;+1/p-1/t13-;/m0./s1. The van der Waals surface area contributed by atoms with Crippen LogP contribution in [0.3, 0.4) is 0 Å². The SMILES string of the molecule is CCCCCCOC[C@H](O)COc1ccccc1C(=O)[O-].[Na+]. The molecule has 0 saturated heterocycles. The molecule has 0 fully saturated rings. The average Bonchev–Trinajstić information content (AvgIpc) is 2.49. The number of aromatic carboxylic acids is 1. The van der Waals surface area contributed by atoms with Crippen LogP contribution in [0, 0.1) is 0 Å². The van der Waals surface area contributed by atoms with Crippen molar-refractivity contribution in [3.05, 3.63) is 29.8 Å². The number of rotatable bonds is 11. The number of carbonyl (C=O) groups excluding carboxylic acids is 1. The van der Waals surface area contributed by atoms with Crippen LogP contribution in [0.4, 0.5) is 0 Å². The maximum atomic E-state index is 10.9. The van der Waals surface area contributed by atoms with Crippen LogP contribution in [0.15, 0.2) is 24.3 Å². The van der Waals surface area contributed by atoms with Crippen molar-refractivity contribution < 1.29 is 54.0 Å². The monoisotopic (exact) mass is 318 g/mol. The summed E-state index contributed by atoms with van der Waals surface area (Å²) < 4.78 is 10.7. The van der Waals surface area contributed by atoms with Crippen LogP contribution in [-0.4, -0.2) is 37.0 Å². The number of benzene rings is 1. The van der Waals surface area contributed by atoms with Crippen molar-refractivity contribution in [2.24, 2.45) is 0 Å². The second-order valence-electron chi connectivity index (χ2n) is 4.88. The van der Waals surface area contributed by atoms with Crippen molar-refractivity contribution in [2.75, 3.05) is 19.8 Å². The van der Waals surface area contributed by atoms with Gasteiger partial charge in [-0.2, -0.15) is 0 Å².